The highest BCUT2D eigenvalue weighted by Gasteiger charge is 2.34. The van der Waals surface area contributed by atoms with Crippen molar-refractivity contribution in [2.24, 2.45) is 23.0 Å². The van der Waals surface area contributed by atoms with Gasteiger partial charge in [-0.1, -0.05) is 27.7 Å². The second kappa shape index (κ2) is 4.00. The zero-order valence-corrected chi connectivity index (χ0v) is 9.64. The van der Waals surface area contributed by atoms with Gasteiger partial charge in [-0.25, -0.2) is 0 Å². The summed E-state index contributed by atoms with van der Waals surface area (Å²) in [5.41, 5.74) is 6.42. The minimum Gasteiger partial charge on any atom is -0.328 e. The third-order valence-electron chi connectivity index (χ3n) is 4.31. The van der Waals surface area contributed by atoms with Crippen LogP contribution >= 0.6 is 0 Å². The van der Waals surface area contributed by atoms with Gasteiger partial charge in [-0.05, 0) is 42.9 Å². The molecular formula is C12H25N. The van der Waals surface area contributed by atoms with Crippen LogP contribution in [-0.4, -0.2) is 6.04 Å². The Morgan fingerprint density at radius 1 is 1.08 bits per heavy atom. The molecule has 2 N–H and O–H groups in total. The predicted molar refractivity (Wildman–Crippen MR) is 58.6 cm³/mol. The van der Waals surface area contributed by atoms with Crippen molar-refractivity contribution in [3.8, 4) is 0 Å². The molecule has 0 radical (unpaired) electrons. The lowest BCUT2D eigenvalue weighted by atomic mass is 9.65. The summed E-state index contributed by atoms with van der Waals surface area (Å²) < 4.78 is 0. The highest BCUT2D eigenvalue weighted by Crippen LogP contribution is 2.42. The molecule has 1 saturated carbocycles. The third-order valence-corrected chi connectivity index (χ3v) is 4.31. The molecule has 1 nitrogen and oxygen atoms in total. The largest absolute Gasteiger partial charge is 0.328 e. The van der Waals surface area contributed by atoms with Gasteiger partial charge in [0.1, 0.15) is 0 Å². The van der Waals surface area contributed by atoms with Gasteiger partial charge in [-0.2, -0.15) is 0 Å². The standard InChI is InChI=1S/C12H25N/c1-9(2)12(3,4)10-5-7-11(13)8-6-10/h9-11H,5-8,13H2,1-4H3. The van der Waals surface area contributed by atoms with Crippen molar-refractivity contribution in [3.63, 3.8) is 0 Å². The van der Waals surface area contributed by atoms with Crippen LogP contribution in [-0.2, 0) is 0 Å². The van der Waals surface area contributed by atoms with Crippen LogP contribution in [0.1, 0.15) is 53.4 Å². The van der Waals surface area contributed by atoms with E-state index in [4.69, 9.17) is 5.73 Å². The van der Waals surface area contributed by atoms with Crippen LogP contribution in [0.25, 0.3) is 0 Å². The second-order valence-corrected chi connectivity index (χ2v) is 5.59. The molecule has 0 aromatic heterocycles. The van der Waals surface area contributed by atoms with E-state index in [1.807, 2.05) is 0 Å². The number of rotatable bonds is 2. The first-order chi connectivity index (χ1) is 5.94. The first kappa shape index (κ1) is 11.0. The summed E-state index contributed by atoms with van der Waals surface area (Å²) in [4.78, 5) is 0. The summed E-state index contributed by atoms with van der Waals surface area (Å²) in [6.07, 6.45) is 5.15. The zero-order chi connectivity index (χ0) is 10.1. The van der Waals surface area contributed by atoms with E-state index >= 15 is 0 Å². The number of hydrogen-bond donors (Lipinski definition) is 1. The number of nitrogens with two attached hydrogens (primary N) is 1. The first-order valence-electron chi connectivity index (χ1n) is 5.70. The Labute approximate surface area is 83.1 Å². The van der Waals surface area contributed by atoms with E-state index in [9.17, 15) is 0 Å². The average Bonchev–Trinajstić information content (AvgIpc) is 2.04. The minimum absolute atomic E-state index is 0.485. The maximum absolute atomic E-state index is 5.92. The summed E-state index contributed by atoms with van der Waals surface area (Å²) in [6, 6.07) is 0.485. The van der Waals surface area contributed by atoms with Gasteiger partial charge in [0.25, 0.3) is 0 Å². The molecule has 0 atom stereocenters. The summed E-state index contributed by atoms with van der Waals surface area (Å²) in [5.74, 6) is 1.68. The molecule has 0 spiro atoms. The van der Waals surface area contributed by atoms with Crippen LogP contribution in [0.2, 0.25) is 0 Å². The quantitative estimate of drug-likeness (QED) is 0.699. The van der Waals surface area contributed by atoms with E-state index in [1.54, 1.807) is 0 Å². The van der Waals surface area contributed by atoms with Gasteiger partial charge in [0, 0.05) is 6.04 Å². The normalized spacial score (nSPS) is 30.9. The van der Waals surface area contributed by atoms with Crippen molar-refractivity contribution in [2.75, 3.05) is 0 Å². The first-order valence-corrected chi connectivity index (χ1v) is 5.70. The fourth-order valence-corrected chi connectivity index (χ4v) is 2.33. The molecule has 1 aliphatic rings. The van der Waals surface area contributed by atoms with Crippen LogP contribution in [0.5, 0.6) is 0 Å². The van der Waals surface area contributed by atoms with Gasteiger partial charge in [-0.3, -0.25) is 0 Å². The monoisotopic (exact) mass is 183 g/mol. The van der Waals surface area contributed by atoms with Gasteiger partial charge in [0.2, 0.25) is 0 Å². The van der Waals surface area contributed by atoms with Crippen LogP contribution in [0, 0.1) is 17.3 Å². The second-order valence-electron chi connectivity index (χ2n) is 5.59. The summed E-state index contributed by atoms with van der Waals surface area (Å²) >= 11 is 0. The van der Waals surface area contributed by atoms with E-state index in [1.165, 1.54) is 25.7 Å². The molecule has 1 rings (SSSR count). The van der Waals surface area contributed by atoms with E-state index < -0.39 is 0 Å². The molecule has 0 aromatic rings. The van der Waals surface area contributed by atoms with Crippen molar-refractivity contribution < 1.29 is 0 Å². The van der Waals surface area contributed by atoms with Gasteiger partial charge < -0.3 is 5.73 Å². The fourth-order valence-electron chi connectivity index (χ4n) is 2.33. The van der Waals surface area contributed by atoms with E-state index in [0.29, 0.717) is 11.5 Å². The molecule has 13 heavy (non-hydrogen) atoms. The molecule has 0 amide bonds. The molecule has 1 heteroatoms. The van der Waals surface area contributed by atoms with Crippen molar-refractivity contribution in [2.45, 2.75) is 59.4 Å². The zero-order valence-electron chi connectivity index (χ0n) is 9.64. The molecule has 0 aliphatic heterocycles. The van der Waals surface area contributed by atoms with Crippen molar-refractivity contribution in [1.82, 2.24) is 0 Å². The smallest absolute Gasteiger partial charge is 0.00390 e. The van der Waals surface area contributed by atoms with Crippen molar-refractivity contribution >= 4 is 0 Å². The van der Waals surface area contributed by atoms with Crippen LogP contribution in [0.3, 0.4) is 0 Å². The maximum atomic E-state index is 5.92. The molecule has 1 aliphatic carbocycles. The molecule has 78 valence electrons. The summed E-state index contributed by atoms with van der Waals surface area (Å²) in [6.45, 7) is 9.52. The van der Waals surface area contributed by atoms with Crippen molar-refractivity contribution in [1.29, 1.82) is 0 Å². The Balaban J connectivity index is 2.52. The molecule has 0 heterocycles. The Morgan fingerprint density at radius 2 is 1.54 bits per heavy atom. The van der Waals surface area contributed by atoms with E-state index in [0.717, 1.165) is 11.8 Å². The topological polar surface area (TPSA) is 26.0 Å². The number of hydrogen-bond acceptors (Lipinski definition) is 1. The van der Waals surface area contributed by atoms with Gasteiger partial charge >= 0.3 is 0 Å². The Hall–Kier alpha value is -0.0400. The van der Waals surface area contributed by atoms with Gasteiger partial charge in [0.15, 0.2) is 0 Å². The van der Waals surface area contributed by atoms with Crippen LogP contribution < -0.4 is 5.73 Å². The fraction of sp³-hybridized carbons (Fsp3) is 1.00. The van der Waals surface area contributed by atoms with Crippen molar-refractivity contribution in [3.05, 3.63) is 0 Å². The molecule has 0 aromatic carbocycles. The molecule has 1 fully saturated rings. The highest BCUT2D eigenvalue weighted by atomic mass is 14.6. The SMILES string of the molecule is CC(C)C(C)(C)C1CCC(N)CC1. The molecule has 0 saturated heterocycles. The average molecular weight is 183 g/mol. The van der Waals surface area contributed by atoms with Gasteiger partial charge in [-0.15, -0.1) is 0 Å². The molecule has 0 unspecified atom stereocenters. The van der Waals surface area contributed by atoms with Crippen LogP contribution in [0.4, 0.5) is 0 Å². The Morgan fingerprint density at radius 3 is 1.92 bits per heavy atom. The third kappa shape index (κ3) is 2.46. The Bertz CT molecular complexity index is 153. The van der Waals surface area contributed by atoms with E-state index in [2.05, 4.69) is 27.7 Å². The summed E-state index contributed by atoms with van der Waals surface area (Å²) in [5, 5.41) is 0. The predicted octanol–water partition coefficient (Wildman–Crippen LogP) is 3.19. The van der Waals surface area contributed by atoms with Gasteiger partial charge in [0.05, 0.1) is 0 Å². The van der Waals surface area contributed by atoms with Crippen LogP contribution in [0.15, 0.2) is 0 Å². The maximum Gasteiger partial charge on any atom is 0.00390 e. The molecule has 0 bridgehead atoms. The minimum atomic E-state index is 0.485. The lowest BCUT2D eigenvalue weighted by molar-refractivity contribution is 0.0966. The summed E-state index contributed by atoms with van der Waals surface area (Å²) in [7, 11) is 0. The highest BCUT2D eigenvalue weighted by molar-refractivity contribution is 4.86. The Kier molecular flexibility index (Phi) is 3.39. The molecular weight excluding hydrogens is 158 g/mol. The lowest BCUT2D eigenvalue weighted by Crippen LogP contribution is -2.36. The van der Waals surface area contributed by atoms with E-state index in [-0.39, 0.29) is 0 Å². The lowest BCUT2D eigenvalue weighted by Gasteiger charge is -2.41.